The van der Waals surface area contributed by atoms with Crippen molar-refractivity contribution in [1.82, 2.24) is 15.1 Å². The fourth-order valence-corrected chi connectivity index (χ4v) is 3.73. The van der Waals surface area contributed by atoms with Gasteiger partial charge in [0.15, 0.2) is 0 Å². The predicted molar refractivity (Wildman–Crippen MR) is 82.6 cm³/mol. The van der Waals surface area contributed by atoms with Gasteiger partial charge in [-0.2, -0.15) is 0 Å². The highest BCUT2D eigenvalue weighted by molar-refractivity contribution is 4.83. The lowest BCUT2D eigenvalue weighted by atomic mass is 9.92. The lowest BCUT2D eigenvalue weighted by Crippen LogP contribution is -2.48. The molecule has 0 aromatic rings. The first kappa shape index (κ1) is 15.3. The largest absolute Gasteiger partial charge is 0.314 e. The van der Waals surface area contributed by atoms with E-state index in [4.69, 9.17) is 0 Å². The zero-order valence-corrected chi connectivity index (χ0v) is 13.2. The Hall–Kier alpha value is -0.120. The molecule has 0 spiro atoms. The molecule has 0 aromatic carbocycles. The van der Waals surface area contributed by atoms with Crippen LogP contribution in [0, 0.1) is 5.92 Å². The topological polar surface area (TPSA) is 18.5 Å². The van der Waals surface area contributed by atoms with E-state index in [9.17, 15) is 0 Å². The van der Waals surface area contributed by atoms with E-state index in [0.29, 0.717) is 0 Å². The fourth-order valence-electron chi connectivity index (χ4n) is 3.73. The van der Waals surface area contributed by atoms with Gasteiger partial charge < -0.3 is 15.1 Å². The Morgan fingerprint density at radius 2 is 1.84 bits per heavy atom. The Morgan fingerprint density at radius 1 is 1.11 bits per heavy atom. The van der Waals surface area contributed by atoms with Gasteiger partial charge in [-0.1, -0.05) is 6.92 Å². The van der Waals surface area contributed by atoms with Crippen molar-refractivity contribution in [1.29, 1.82) is 0 Å². The molecule has 0 radical (unpaired) electrons. The summed E-state index contributed by atoms with van der Waals surface area (Å²) in [5, 5.41) is 3.61. The molecule has 0 aromatic heterocycles. The van der Waals surface area contributed by atoms with E-state index in [1.807, 2.05) is 0 Å². The van der Waals surface area contributed by atoms with Crippen LogP contribution in [-0.2, 0) is 0 Å². The Labute approximate surface area is 119 Å². The third-order valence-corrected chi connectivity index (χ3v) is 5.17. The summed E-state index contributed by atoms with van der Waals surface area (Å²) < 4.78 is 0. The van der Waals surface area contributed by atoms with E-state index in [-0.39, 0.29) is 0 Å². The fraction of sp³-hybridized carbons (Fsp3) is 1.00. The van der Waals surface area contributed by atoms with Gasteiger partial charge in [0.25, 0.3) is 0 Å². The minimum atomic E-state index is 0.764. The Morgan fingerprint density at radius 3 is 2.47 bits per heavy atom. The predicted octanol–water partition coefficient (Wildman–Crippen LogP) is 2.18. The highest BCUT2D eigenvalue weighted by atomic mass is 15.2. The number of hydrogen-bond donors (Lipinski definition) is 1. The molecule has 2 atom stereocenters. The van der Waals surface area contributed by atoms with Gasteiger partial charge in [0.1, 0.15) is 0 Å². The second kappa shape index (κ2) is 7.61. The second-order valence-electron chi connectivity index (χ2n) is 6.70. The molecule has 2 fully saturated rings. The summed E-state index contributed by atoms with van der Waals surface area (Å²) in [5.74, 6) is 0.981. The number of rotatable bonds is 5. The van der Waals surface area contributed by atoms with E-state index >= 15 is 0 Å². The van der Waals surface area contributed by atoms with Crippen molar-refractivity contribution in [2.75, 3.05) is 39.8 Å². The van der Waals surface area contributed by atoms with Crippen LogP contribution in [0.3, 0.4) is 0 Å². The first-order valence-electron chi connectivity index (χ1n) is 8.35. The minimum Gasteiger partial charge on any atom is -0.314 e. The molecule has 2 rings (SSSR count). The van der Waals surface area contributed by atoms with E-state index in [1.165, 1.54) is 58.3 Å². The van der Waals surface area contributed by atoms with Crippen LogP contribution in [0.1, 0.15) is 46.0 Å². The molecule has 2 aliphatic heterocycles. The van der Waals surface area contributed by atoms with Crippen LogP contribution in [0.4, 0.5) is 0 Å². The minimum absolute atomic E-state index is 0.764. The average Bonchev–Trinajstić information content (AvgIpc) is 2.40. The summed E-state index contributed by atoms with van der Waals surface area (Å²) in [6, 6.07) is 1.53. The van der Waals surface area contributed by atoms with Crippen LogP contribution in [0.5, 0.6) is 0 Å². The first-order valence-corrected chi connectivity index (χ1v) is 8.35. The number of piperidine rings is 2. The summed E-state index contributed by atoms with van der Waals surface area (Å²) in [5.41, 5.74) is 0. The summed E-state index contributed by atoms with van der Waals surface area (Å²) in [7, 11) is 2.25. The Kier molecular flexibility index (Phi) is 6.11. The van der Waals surface area contributed by atoms with Gasteiger partial charge in [-0.05, 0) is 84.7 Å². The zero-order chi connectivity index (χ0) is 13.7. The van der Waals surface area contributed by atoms with Crippen molar-refractivity contribution >= 4 is 0 Å². The SMILES string of the molecule is CCNC1CCN(CCC2CCN(C)CC2)C(C)C1. The molecule has 2 unspecified atom stereocenters. The first-order chi connectivity index (χ1) is 9.19. The average molecular weight is 267 g/mol. The van der Waals surface area contributed by atoms with Crippen LogP contribution in [-0.4, -0.2) is 61.7 Å². The van der Waals surface area contributed by atoms with Crippen molar-refractivity contribution in [3.05, 3.63) is 0 Å². The summed E-state index contributed by atoms with van der Waals surface area (Å²) in [6.45, 7) is 11.0. The number of nitrogens with zero attached hydrogens (tertiary/aromatic N) is 2. The van der Waals surface area contributed by atoms with Gasteiger partial charge in [-0.3, -0.25) is 0 Å². The van der Waals surface area contributed by atoms with Crippen LogP contribution in [0.15, 0.2) is 0 Å². The quantitative estimate of drug-likeness (QED) is 0.824. The number of nitrogens with one attached hydrogen (secondary N) is 1. The van der Waals surface area contributed by atoms with E-state index in [2.05, 4.69) is 36.0 Å². The molecule has 3 heteroatoms. The maximum Gasteiger partial charge on any atom is 0.00939 e. The molecule has 3 nitrogen and oxygen atoms in total. The molecule has 0 bridgehead atoms. The van der Waals surface area contributed by atoms with E-state index < -0.39 is 0 Å². The standard InChI is InChI=1S/C16H33N3/c1-4-17-16-8-12-19(14(2)13-16)11-7-15-5-9-18(3)10-6-15/h14-17H,4-13H2,1-3H3. The van der Waals surface area contributed by atoms with Gasteiger partial charge in [0.05, 0.1) is 0 Å². The van der Waals surface area contributed by atoms with Gasteiger partial charge >= 0.3 is 0 Å². The summed E-state index contributed by atoms with van der Waals surface area (Å²) in [6.07, 6.45) is 6.92. The lowest BCUT2D eigenvalue weighted by molar-refractivity contribution is 0.118. The van der Waals surface area contributed by atoms with Crippen LogP contribution in [0.25, 0.3) is 0 Å². The van der Waals surface area contributed by atoms with E-state index in [0.717, 1.165) is 24.5 Å². The number of likely N-dealkylation sites (tertiary alicyclic amines) is 2. The van der Waals surface area contributed by atoms with Gasteiger partial charge in [-0.15, -0.1) is 0 Å². The van der Waals surface area contributed by atoms with Crippen molar-refractivity contribution in [3.8, 4) is 0 Å². The summed E-state index contributed by atoms with van der Waals surface area (Å²) >= 11 is 0. The van der Waals surface area contributed by atoms with Crippen molar-refractivity contribution in [2.45, 2.75) is 58.0 Å². The van der Waals surface area contributed by atoms with Gasteiger partial charge in [0, 0.05) is 12.1 Å². The zero-order valence-electron chi connectivity index (χ0n) is 13.2. The maximum atomic E-state index is 3.61. The van der Waals surface area contributed by atoms with Crippen molar-refractivity contribution in [3.63, 3.8) is 0 Å². The highest BCUT2D eigenvalue weighted by Gasteiger charge is 2.25. The van der Waals surface area contributed by atoms with Crippen LogP contribution < -0.4 is 5.32 Å². The molecule has 2 saturated heterocycles. The lowest BCUT2D eigenvalue weighted by Gasteiger charge is -2.39. The van der Waals surface area contributed by atoms with E-state index in [1.54, 1.807) is 0 Å². The number of hydrogen-bond acceptors (Lipinski definition) is 3. The van der Waals surface area contributed by atoms with Crippen molar-refractivity contribution in [2.24, 2.45) is 5.92 Å². The molecule has 2 heterocycles. The highest BCUT2D eigenvalue weighted by Crippen LogP contribution is 2.23. The third kappa shape index (κ3) is 4.73. The van der Waals surface area contributed by atoms with Crippen molar-refractivity contribution < 1.29 is 0 Å². The van der Waals surface area contributed by atoms with Crippen LogP contribution in [0.2, 0.25) is 0 Å². The van der Waals surface area contributed by atoms with Crippen LogP contribution >= 0.6 is 0 Å². The molecule has 19 heavy (non-hydrogen) atoms. The monoisotopic (exact) mass is 267 g/mol. The Bertz CT molecular complexity index is 248. The molecule has 0 amide bonds. The molecular formula is C16H33N3. The molecular weight excluding hydrogens is 234 g/mol. The smallest absolute Gasteiger partial charge is 0.00939 e. The molecule has 0 saturated carbocycles. The molecule has 2 aliphatic rings. The third-order valence-electron chi connectivity index (χ3n) is 5.17. The maximum absolute atomic E-state index is 3.61. The second-order valence-corrected chi connectivity index (χ2v) is 6.70. The van der Waals surface area contributed by atoms with Gasteiger partial charge in [0.2, 0.25) is 0 Å². The van der Waals surface area contributed by atoms with Gasteiger partial charge in [-0.25, -0.2) is 0 Å². The molecule has 0 aliphatic carbocycles. The molecule has 112 valence electrons. The Balaban J connectivity index is 1.66. The molecule has 1 N–H and O–H groups in total. The summed E-state index contributed by atoms with van der Waals surface area (Å²) in [4.78, 5) is 5.20. The normalized spacial score (nSPS) is 31.7.